The van der Waals surface area contributed by atoms with Crippen molar-refractivity contribution in [3.05, 3.63) is 0 Å². The van der Waals surface area contributed by atoms with Gasteiger partial charge in [-0.15, -0.1) is 0 Å². The van der Waals surface area contributed by atoms with Crippen molar-refractivity contribution in [2.75, 3.05) is 6.61 Å². The molecule has 0 aliphatic carbocycles. The Morgan fingerprint density at radius 3 is 2.36 bits per heavy atom. The maximum atomic E-state index is 9.73. The molecule has 1 aliphatic rings. The molecule has 11 heavy (non-hydrogen) atoms. The third-order valence-corrected chi connectivity index (χ3v) is 2.55. The van der Waals surface area contributed by atoms with Gasteiger partial charge in [0.1, 0.15) is 14.0 Å². The Hall–Kier alpha value is -0.0551. The molecule has 0 aromatic carbocycles. The minimum Gasteiger partial charge on any atom is -0.394 e. The van der Waals surface area contributed by atoms with E-state index in [0.717, 1.165) is 0 Å². The first kappa shape index (κ1) is 9.04. The zero-order valence-electron chi connectivity index (χ0n) is 6.82. The average molecular weight is 156 g/mol. The Kier molecular flexibility index (Phi) is 2.28. The summed E-state index contributed by atoms with van der Waals surface area (Å²) in [4.78, 5) is 0. The molecule has 0 amide bonds. The van der Waals surface area contributed by atoms with Crippen LogP contribution < -0.4 is 0 Å². The maximum absolute atomic E-state index is 9.73. The zero-order chi connectivity index (χ0) is 8.65. The maximum Gasteiger partial charge on any atom is 0.109 e. The largest absolute Gasteiger partial charge is 0.394 e. The van der Waals surface area contributed by atoms with Gasteiger partial charge in [-0.3, -0.25) is 0 Å². The molecule has 0 saturated carbocycles. The van der Waals surface area contributed by atoms with Crippen LogP contribution in [-0.2, 0) is 4.74 Å². The second-order valence-electron chi connectivity index (χ2n) is 3.29. The lowest BCUT2D eigenvalue weighted by Gasteiger charge is -2.26. The molecule has 2 radical (unpaired) electrons. The molecule has 1 rings (SSSR count). The van der Waals surface area contributed by atoms with Gasteiger partial charge in [-0.2, -0.15) is 0 Å². The summed E-state index contributed by atoms with van der Waals surface area (Å²) in [7, 11) is 5.53. The molecule has 2 N–H and O–H groups in total. The molecule has 1 heterocycles. The van der Waals surface area contributed by atoms with E-state index in [0.29, 0.717) is 0 Å². The van der Waals surface area contributed by atoms with Crippen molar-refractivity contribution in [3.63, 3.8) is 0 Å². The Labute approximate surface area is 67.8 Å². The van der Waals surface area contributed by atoms with E-state index in [4.69, 9.17) is 17.7 Å². The molecule has 0 unspecified atom stereocenters. The van der Waals surface area contributed by atoms with Crippen LogP contribution in [0.25, 0.3) is 0 Å². The molecule has 1 aliphatic heterocycles. The lowest BCUT2D eigenvalue weighted by molar-refractivity contribution is -0.0611. The molecule has 3 nitrogen and oxygen atoms in total. The number of rotatable bonds is 1. The molecule has 0 aromatic rings. The zero-order valence-corrected chi connectivity index (χ0v) is 6.82. The third kappa shape index (κ3) is 1.30. The first-order chi connectivity index (χ1) is 5.00. The van der Waals surface area contributed by atoms with E-state index in [1.54, 1.807) is 13.8 Å². The predicted molar refractivity (Wildman–Crippen MR) is 41.3 cm³/mol. The number of aliphatic hydroxyl groups excluding tert-OH is 1. The summed E-state index contributed by atoms with van der Waals surface area (Å²) in [5.74, 6) is -0.139. The van der Waals surface area contributed by atoms with E-state index in [9.17, 15) is 5.11 Å². The fourth-order valence-corrected chi connectivity index (χ4v) is 1.30. The highest BCUT2D eigenvalue weighted by atomic mass is 16.5. The summed E-state index contributed by atoms with van der Waals surface area (Å²) in [5.41, 5.74) is -1.01. The van der Waals surface area contributed by atoms with Crippen LogP contribution in [0.2, 0.25) is 0 Å². The van der Waals surface area contributed by atoms with Gasteiger partial charge in [-0.25, -0.2) is 0 Å². The van der Waals surface area contributed by atoms with Crippen molar-refractivity contribution in [1.82, 2.24) is 0 Å². The summed E-state index contributed by atoms with van der Waals surface area (Å²) in [6, 6.07) is -0.470. The van der Waals surface area contributed by atoms with Crippen molar-refractivity contribution in [2.45, 2.75) is 31.6 Å². The monoisotopic (exact) mass is 156 g/mol. The van der Waals surface area contributed by atoms with Crippen LogP contribution in [0.4, 0.5) is 0 Å². The topological polar surface area (TPSA) is 49.7 Å². The quantitative estimate of drug-likeness (QED) is 0.491. The number of ether oxygens (including phenoxy) is 1. The van der Waals surface area contributed by atoms with Crippen molar-refractivity contribution >= 4 is 7.85 Å². The molecule has 4 heteroatoms. The Bertz CT molecular complexity index is 149. The lowest BCUT2D eigenvalue weighted by atomic mass is 9.79. The second-order valence-corrected chi connectivity index (χ2v) is 3.29. The van der Waals surface area contributed by atoms with Gasteiger partial charge in [-0.1, -0.05) is 6.92 Å². The van der Waals surface area contributed by atoms with Crippen molar-refractivity contribution < 1.29 is 14.9 Å². The third-order valence-electron chi connectivity index (χ3n) is 2.55. The van der Waals surface area contributed by atoms with Gasteiger partial charge in [0.15, 0.2) is 0 Å². The predicted octanol–water partition coefficient (Wildman–Crippen LogP) is -0.741. The van der Waals surface area contributed by atoms with E-state index >= 15 is 0 Å². The molecule has 4 atom stereocenters. The highest BCUT2D eigenvalue weighted by Gasteiger charge is 2.47. The minimum absolute atomic E-state index is 0.139. The molecule has 0 bridgehead atoms. The molecule has 0 aromatic heterocycles. The highest BCUT2D eigenvalue weighted by molar-refractivity contribution is 6.11. The van der Waals surface area contributed by atoms with Gasteiger partial charge >= 0.3 is 0 Å². The fraction of sp³-hybridized carbons (Fsp3) is 1.00. The summed E-state index contributed by atoms with van der Waals surface area (Å²) >= 11 is 0. The summed E-state index contributed by atoms with van der Waals surface area (Å²) in [6.45, 7) is 3.25. The molecular weight excluding hydrogens is 143 g/mol. The first-order valence-corrected chi connectivity index (χ1v) is 3.74. The van der Waals surface area contributed by atoms with E-state index in [-0.39, 0.29) is 12.5 Å². The normalized spacial score (nSPS) is 51.5. The number of hydrogen-bond acceptors (Lipinski definition) is 3. The Balaban J connectivity index is 2.74. The SMILES string of the molecule is [B][C@@H]1O[C@H](CO)[C@](C)(O)[C@H]1C. The fourth-order valence-electron chi connectivity index (χ4n) is 1.30. The van der Waals surface area contributed by atoms with Gasteiger partial charge in [0.05, 0.1) is 12.2 Å². The van der Waals surface area contributed by atoms with Gasteiger partial charge in [0.25, 0.3) is 0 Å². The van der Waals surface area contributed by atoms with E-state index in [2.05, 4.69) is 0 Å². The molecule has 1 saturated heterocycles. The van der Waals surface area contributed by atoms with E-state index < -0.39 is 17.7 Å². The van der Waals surface area contributed by atoms with E-state index in [1.165, 1.54) is 0 Å². The molecule has 1 fully saturated rings. The van der Waals surface area contributed by atoms with Gasteiger partial charge < -0.3 is 14.9 Å². The highest BCUT2D eigenvalue weighted by Crippen LogP contribution is 2.34. The van der Waals surface area contributed by atoms with Gasteiger partial charge in [-0.05, 0) is 6.92 Å². The Morgan fingerprint density at radius 2 is 2.18 bits per heavy atom. The second kappa shape index (κ2) is 2.77. The lowest BCUT2D eigenvalue weighted by Crippen LogP contribution is -2.41. The van der Waals surface area contributed by atoms with Crippen molar-refractivity contribution in [2.24, 2.45) is 5.92 Å². The molecular formula is C7H13BO3. The van der Waals surface area contributed by atoms with Crippen LogP contribution in [0.1, 0.15) is 13.8 Å². The molecule has 0 spiro atoms. The standard InChI is InChI=1S/C7H13BO3/c1-4-6(8)11-5(3-9)7(4,2)10/h4-6,9-10H,3H2,1-2H3/t4-,5+,6+,7+/m0/s1. The van der Waals surface area contributed by atoms with E-state index in [1.807, 2.05) is 0 Å². The first-order valence-electron chi connectivity index (χ1n) is 3.74. The molecule has 62 valence electrons. The summed E-state index contributed by atoms with van der Waals surface area (Å²) in [5, 5.41) is 18.5. The van der Waals surface area contributed by atoms with Crippen LogP contribution in [0.15, 0.2) is 0 Å². The summed E-state index contributed by atoms with van der Waals surface area (Å²) < 4.78 is 5.12. The smallest absolute Gasteiger partial charge is 0.109 e. The van der Waals surface area contributed by atoms with Crippen molar-refractivity contribution in [3.8, 4) is 0 Å². The van der Waals surface area contributed by atoms with Crippen LogP contribution in [0, 0.1) is 5.92 Å². The van der Waals surface area contributed by atoms with Crippen LogP contribution in [-0.4, -0.2) is 42.4 Å². The van der Waals surface area contributed by atoms with Crippen LogP contribution in [0.5, 0.6) is 0 Å². The number of aliphatic hydroxyl groups is 2. The van der Waals surface area contributed by atoms with Crippen molar-refractivity contribution in [1.29, 1.82) is 0 Å². The average Bonchev–Trinajstić information content (AvgIpc) is 2.13. The van der Waals surface area contributed by atoms with Gasteiger partial charge in [0, 0.05) is 11.9 Å². The van der Waals surface area contributed by atoms with Crippen LogP contribution in [0.3, 0.4) is 0 Å². The summed E-state index contributed by atoms with van der Waals surface area (Å²) in [6.07, 6.45) is -0.549. The number of hydrogen-bond donors (Lipinski definition) is 2. The minimum atomic E-state index is -1.01. The Morgan fingerprint density at radius 1 is 1.64 bits per heavy atom. The van der Waals surface area contributed by atoms with Crippen LogP contribution >= 0.6 is 0 Å². The van der Waals surface area contributed by atoms with Gasteiger partial charge in [0.2, 0.25) is 0 Å².